The summed E-state index contributed by atoms with van der Waals surface area (Å²) >= 11 is 0. The Labute approximate surface area is 189 Å². The summed E-state index contributed by atoms with van der Waals surface area (Å²) in [7, 11) is 1.95. The lowest BCUT2D eigenvalue weighted by molar-refractivity contribution is 0.318. The molecule has 3 rings (SSSR count). The van der Waals surface area contributed by atoms with Crippen LogP contribution in [0, 0.1) is 0 Å². The summed E-state index contributed by atoms with van der Waals surface area (Å²) in [4.78, 5) is 11.5. The van der Waals surface area contributed by atoms with E-state index >= 15 is 0 Å². The van der Waals surface area contributed by atoms with Gasteiger partial charge in [-0.15, -0.1) is 24.0 Å². The molecule has 2 N–H and O–H groups in total. The van der Waals surface area contributed by atoms with Crippen molar-refractivity contribution in [2.75, 3.05) is 24.5 Å². The molecule has 1 unspecified atom stereocenters. The van der Waals surface area contributed by atoms with E-state index in [-0.39, 0.29) is 29.4 Å². The van der Waals surface area contributed by atoms with Crippen LogP contribution in [0.2, 0.25) is 0 Å². The first-order valence-corrected chi connectivity index (χ1v) is 9.96. The van der Waals surface area contributed by atoms with Crippen molar-refractivity contribution in [3.8, 4) is 0 Å². The highest BCUT2D eigenvalue weighted by Crippen LogP contribution is 2.20. The van der Waals surface area contributed by atoms with Gasteiger partial charge < -0.3 is 20.1 Å². The Balaban J connectivity index is 0.00000300. The number of hydrogen-bond donors (Lipinski definition) is 2. The van der Waals surface area contributed by atoms with Crippen molar-refractivity contribution in [1.29, 1.82) is 0 Å². The van der Waals surface area contributed by atoms with Gasteiger partial charge in [-0.05, 0) is 19.8 Å². The minimum Gasteiger partial charge on any atom is -0.367 e. The normalized spacial score (nSPS) is 17.8. The van der Waals surface area contributed by atoms with E-state index in [1.54, 1.807) is 0 Å². The van der Waals surface area contributed by atoms with Crippen LogP contribution in [0.15, 0.2) is 21.9 Å². The maximum Gasteiger partial charge on any atom is 0.232 e. The number of guanidine groups is 1. The number of anilines is 1. The van der Waals surface area contributed by atoms with Crippen molar-refractivity contribution in [3.05, 3.63) is 24.1 Å². The second kappa shape index (κ2) is 10.3. The van der Waals surface area contributed by atoms with Crippen LogP contribution in [0.3, 0.4) is 0 Å². The van der Waals surface area contributed by atoms with Crippen LogP contribution in [-0.4, -0.2) is 51.6 Å². The molecule has 0 saturated carbocycles. The lowest BCUT2D eigenvalue weighted by Gasteiger charge is -2.34. The Morgan fingerprint density at radius 1 is 1.38 bits per heavy atom. The maximum atomic E-state index is 5.35. The van der Waals surface area contributed by atoms with Gasteiger partial charge in [-0.3, -0.25) is 4.68 Å². The highest BCUT2D eigenvalue weighted by Gasteiger charge is 2.23. The zero-order valence-corrected chi connectivity index (χ0v) is 20.3. The van der Waals surface area contributed by atoms with Gasteiger partial charge in [0, 0.05) is 44.3 Å². The Kier molecular flexibility index (Phi) is 8.29. The molecular formula is C19H33IN8O. The molecule has 1 aliphatic heterocycles. The minimum absolute atomic E-state index is 0. The molecule has 1 fully saturated rings. The van der Waals surface area contributed by atoms with Gasteiger partial charge in [0.15, 0.2) is 11.8 Å². The average molecular weight is 516 g/mol. The molecule has 162 valence electrons. The molecule has 10 heteroatoms. The van der Waals surface area contributed by atoms with Crippen LogP contribution in [0.4, 0.5) is 5.69 Å². The predicted molar refractivity (Wildman–Crippen MR) is 125 cm³/mol. The maximum absolute atomic E-state index is 5.35. The molecule has 1 atom stereocenters. The molecule has 0 aliphatic carbocycles. The summed E-state index contributed by atoms with van der Waals surface area (Å²) in [6.45, 7) is 11.4. The number of aliphatic imine (C=N–C) groups is 1. The van der Waals surface area contributed by atoms with E-state index in [1.165, 1.54) is 0 Å². The number of halogens is 1. The van der Waals surface area contributed by atoms with Crippen LogP contribution in [0.25, 0.3) is 0 Å². The Hall–Kier alpha value is -1.85. The van der Waals surface area contributed by atoms with Crippen LogP contribution >= 0.6 is 24.0 Å². The lowest BCUT2D eigenvalue weighted by Crippen LogP contribution is -2.51. The summed E-state index contributed by atoms with van der Waals surface area (Å²) in [5.74, 6) is 2.01. The SMILES string of the molecule is CCNC(=NCc1noc(C(C)(C)C)n1)NC1CCCN(c2cnn(C)c2)C1.I. The van der Waals surface area contributed by atoms with Crippen molar-refractivity contribution in [3.63, 3.8) is 0 Å². The molecule has 2 aromatic heterocycles. The summed E-state index contributed by atoms with van der Waals surface area (Å²) in [5, 5.41) is 15.2. The molecule has 1 aliphatic rings. The first-order chi connectivity index (χ1) is 13.3. The zero-order valence-electron chi connectivity index (χ0n) is 18.0. The molecule has 29 heavy (non-hydrogen) atoms. The van der Waals surface area contributed by atoms with Crippen LogP contribution < -0.4 is 15.5 Å². The molecule has 0 spiro atoms. The number of nitrogens with one attached hydrogen (secondary N) is 2. The van der Waals surface area contributed by atoms with Gasteiger partial charge >= 0.3 is 0 Å². The monoisotopic (exact) mass is 516 g/mol. The molecule has 0 bridgehead atoms. The predicted octanol–water partition coefficient (Wildman–Crippen LogP) is 2.44. The Morgan fingerprint density at radius 3 is 2.79 bits per heavy atom. The molecule has 0 amide bonds. The summed E-state index contributed by atoms with van der Waals surface area (Å²) < 4.78 is 7.19. The third-order valence-electron chi connectivity index (χ3n) is 4.65. The molecular weight excluding hydrogens is 483 g/mol. The van der Waals surface area contributed by atoms with E-state index in [2.05, 4.69) is 69.7 Å². The fourth-order valence-corrected chi connectivity index (χ4v) is 3.19. The van der Waals surface area contributed by atoms with Crippen LogP contribution in [0.1, 0.15) is 52.3 Å². The van der Waals surface area contributed by atoms with Gasteiger partial charge in [-0.2, -0.15) is 10.1 Å². The number of rotatable bonds is 5. The zero-order chi connectivity index (χ0) is 20.1. The largest absolute Gasteiger partial charge is 0.367 e. The topological polar surface area (TPSA) is 96.4 Å². The molecule has 3 heterocycles. The third-order valence-corrected chi connectivity index (χ3v) is 4.65. The second-order valence-corrected chi connectivity index (χ2v) is 8.26. The standard InChI is InChI=1S/C19H32N8O.HI/c1-6-20-18(21-11-16-24-17(28-25-16)19(2,3)4)23-14-8-7-9-27(12-14)15-10-22-26(5)13-15;/h10,13-14H,6-9,11-12H2,1-5H3,(H2,20,21,23);1H. The molecule has 0 aromatic carbocycles. The van der Waals surface area contributed by atoms with Gasteiger partial charge in [0.05, 0.1) is 11.9 Å². The highest BCUT2D eigenvalue weighted by atomic mass is 127. The van der Waals surface area contributed by atoms with Gasteiger partial charge in [0.1, 0.15) is 6.54 Å². The van der Waals surface area contributed by atoms with Crippen molar-refractivity contribution in [2.24, 2.45) is 12.0 Å². The van der Waals surface area contributed by atoms with Gasteiger partial charge in [0.2, 0.25) is 5.89 Å². The number of piperidine rings is 1. The first-order valence-electron chi connectivity index (χ1n) is 9.96. The highest BCUT2D eigenvalue weighted by molar-refractivity contribution is 14.0. The third kappa shape index (κ3) is 6.58. The fourth-order valence-electron chi connectivity index (χ4n) is 3.19. The molecule has 0 radical (unpaired) electrons. The first kappa shape index (κ1) is 23.4. The van der Waals surface area contributed by atoms with E-state index < -0.39 is 0 Å². The van der Waals surface area contributed by atoms with Gasteiger partial charge in [0.25, 0.3) is 0 Å². The number of nitrogens with zero attached hydrogens (tertiary/aromatic N) is 6. The smallest absolute Gasteiger partial charge is 0.232 e. The van der Waals surface area contributed by atoms with Crippen molar-refractivity contribution >= 4 is 35.6 Å². The molecule has 1 saturated heterocycles. The lowest BCUT2D eigenvalue weighted by atomic mass is 9.97. The van der Waals surface area contributed by atoms with E-state index in [1.807, 2.05) is 17.9 Å². The van der Waals surface area contributed by atoms with Gasteiger partial charge in [-0.25, -0.2) is 4.99 Å². The number of aromatic nitrogens is 4. The van der Waals surface area contributed by atoms with Crippen LogP contribution in [0.5, 0.6) is 0 Å². The van der Waals surface area contributed by atoms with Crippen LogP contribution in [-0.2, 0) is 19.0 Å². The van der Waals surface area contributed by atoms with E-state index in [9.17, 15) is 0 Å². The van der Waals surface area contributed by atoms with E-state index in [4.69, 9.17) is 4.52 Å². The minimum atomic E-state index is -0.157. The van der Waals surface area contributed by atoms with Crippen molar-refractivity contribution in [2.45, 2.75) is 58.5 Å². The molecule has 2 aromatic rings. The number of aryl methyl sites for hydroxylation is 1. The molecule has 9 nitrogen and oxygen atoms in total. The van der Waals surface area contributed by atoms with Crippen molar-refractivity contribution in [1.82, 2.24) is 30.6 Å². The van der Waals surface area contributed by atoms with Gasteiger partial charge in [-0.1, -0.05) is 25.9 Å². The Morgan fingerprint density at radius 2 is 2.17 bits per heavy atom. The summed E-state index contributed by atoms with van der Waals surface area (Å²) in [5.41, 5.74) is 1.01. The quantitative estimate of drug-likeness (QED) is 0.358. The second-order valence-electron chi connectivity index (χ2n) is 8.26. The van der Waals surface area contributed by atoms with E-state index in [0.717, 1.165) is 44.1 Å². The van der Waals surface area contributed by atoms with Crippen molar-refractivity contribution < 1.29 is 4.52 Å². The summed E-state index contributed by atoms with van der Waals surface area (Å²) in [6.07, 6.45) is 6.22. The average Bonchev–Trinajstić information content (AvgIpc) is 3.29. The fraction of sp³-hybridized carbons (Fsp3) is 0.684. The Bertz CT molecular complexity index is 794. The number of hydrogen-bond acceptors (Lipinski definition) is 6. The summed E-state index contributed by atoms with van der Waals surface area (Å²) in [6, 6.07) is 0.321. The van der Waals surface area contributed by atoms with E-state index in [0.29, 0.717) is 24.3 Å².